The van der Waals surface area contributed by atoms with Crippen molar-refractivity contribution < 1.29 is 9.84 Å². The summed E-state index contributed by atoms with van der Waals surface area (Å²) in [5.41, 5.74) is 0.216. The van der Waals surface area contributed by atoms with Crippen LogP contribution in [0.4, 0.5) is 5.69 Å². The number of methoxy groups -OCH3 is 1. The lowest BCUT2D eigenvalue weighted by Gasteiger charge is -2.26. The Hall–Kier alpha value is -0.640. The van der Waals surface area contributed by atoms with E-state index in [2.05, 4.69) is 5.32 Å². The summed E-state index contributed by atoms with van der Waals surface area (Å²) in [6.07, 6.45) is 0. The molecule has 0 spiro atoms. The first-order valence-electron chi connectivity index (χ1n) is 4.81. The molecule has 0 unspecified atom stereocenters. The van der Waals surface area contributed by atoms with E-state index in [1.807, 2.05) is 13.8 Å². The van der Waals surface area contributed by atoms with Gasteiger partial charge in [0.1, 0.15) is 5.75 Å². The highest BCUT2D eigenvalue weighted by atomic mass is 35.5. The van der Waals surface area contributed by atoms with Crippen molar-refractivity contribution in [3.63, 3.8) is 0 Å². The molecule has 3 nitrogen and oxygen atoms in total. The second-order valence-corrected chi connectivity index (χ2v) is 4.95. The highest BCUT2D eigenvalue weighted by Crippen LogP contribution is 2.35. The zero-order valence-corrected chi connectivity index (χ0v) is 11.0. The number of rotatable bonds is 4. The van der Waals surface area contributed by atoms with Crippen LogP contribution in [0.25, 0.3) is 0 Å². The van der Waals surface area contributed by atoms with Crippen molar-refractivity contribution in [3.05, 3.63) is 22.2 Å². The van der Waals surface area contributed by atoms with Crippen LogP contribution in [0.2, 0.25) is 10.0 Å². The van der Waals surface area contributed by atoms with Gasteiger partial charge in [-0.1, -0.05) is 23.2 Å². The number of hydrogen-bond donors (Lipinski definition) is 2. The minimum atomic E-state index is -0.457. The third kappa shape index (κ3) is 3.17. The van der Waals surface area contributed by atoms with Crippen LogP contribution in [0, 0.1) is 0 Å². The van der Waals surface area contributed by atoms with E-state index < -0.39 is 5.54 Å². The molecule has 0 aliphatic carbocycles. The van der Waals surface area contributed by atoms with Crippen LogP contribution < -0.4 is 10.1 Å². The van der Waals surface area contributed by atoms with Gasteiger partial charge in [-0.2, -0.15) is 0 Å². The van der Waals surface area contributed by atoms with Gasteiger partial charge in [0.05, 0.1) is 35.0 Å². The first kappa shape index (κ1) is 13.4. The summed E-state index contributed by atoms with van der Waals surface area (Å²) in [7, 11) is 1.53. The van der Waals surface area contributed by atoms with Crippen LogP contribution in [-0.2, 0) is 0 Å². The van der Waals surface area contributed by atoms with Crippen LogP contribution in [-0.4, -0.2) is 24.4 Å². The Labute approximate surface area is 105 Å². The molecule has 0 aliphatic rings. The molecule has 0 radical (unpaired) electrons. The number of halogens is 2. The Morgan fingerprint density at radius 3 is 2.44 bits per heavy atom. The Kier molecular flexibility index (Phi) is 4.30. The van der Waals surface area contributed by atoms with Crippen LogP contribution in [0.5, 0.6) is 5.75 Å². The molecular weight excluding hydrogens is 249 g/mol. The minimum absolute atomic E-state index is 0.00697. The summed E-state index contributed by atoms with van der Waals surface area (Å²) >= 11 is 12.0. The average Bonchev–Trinajstić information content (AvgIpc) is 2.22. The Bertz CT molecular complexity index is 380. The molecule has 0 aromatic heterocycles. The van der Waals surface area contributed by atoms with Gasteiger partial charge in [-0.3, -0.25) is 0 Å². The van der Waals surface area contributed by atoms with E-state index in [0.717, 1.165) is 0 Å². The van der Waals surface area contributed by atoms with Gasteiger partial charge < -0.3 is 15.2 Å². The number of anilines is 1. The summed E-state index contributed by atoms with van der Waals surface area (Å²) in [6, 6.07) is 3.32. The van der Waals surface area contributed by atoms with Crippen molar-refractivity contribution in [3.8, 4) is 5.75 Å². The van der Waals surface area contributed by atoms with Crippen molar-refractivity contribution in [1.82, 2.24) is 0 Å². The minimum Gasteiger partial charge on any atom is -0.495 e. The van der Waals surface area contributed by atoms with E-state index >= 15 is 0 Å². The van der Waals surface area contributed by atoms with Gasteiger partial charge >= 0.3 is 0 Å². The lowest BCUT2D eigenvalue weighted by Crippen LogP contribution is -2.35. The predicted octanol–water partition coefficient (Wildman–Crippen LogP) is 3.18. The standard InChI is InChI=1S/C11H15Cl2NO2/c1-11(2,6-15)14-9-4-8(13)10(16-3)5-7(9)12/h4-5,14-15H,6H2,1-3H3. The SMILES string of the molecule is COc1cc(Cl)c(NC(C)(C)CO)cc1Cl. The highest BCUT2D eigenvalue weighted by Gasteiger charge is 2.18. The maximum Gasteiger partial charge on any atom is 0.139 e. The van der Waals surface area contributed by atoms with Crippen LogP contribution in [0.3, 0.4) is 0 Å². The van der Waals surface area contributed by atoms with Crippen LogP contribution in [0.1, 0.15) is 13.8 Å². The monoisotopic (exact) mass is 263 g/mol. The number of ether oxygens (including phenoxy) is 1. The fraction of sp³-hybridized carbons (Fsp3) is 0.455. The lowest BCUT2D eigenvalue weighted by molar-refractivity contribution is 0.234. The Morgan fingerprint density at radius 1 is 1.31 bits per heavy atom. The van der Waals surface area contributed by atoms with Crippen LogP contribution >= 0.6 is 23.2 Å². The van der Waals surface area contributed by atoms with Gasteiger partial charge in [0, 0.05) is 6.07 Å². The van der Waals surface area contributed by atoms with Crippen molar-refractivity contribution in [2.45, 2.75) is 19.4 Å². The molecule has 0 heterocycles. The zero-order valence-electron chi connectivity index (χ0n) is 9.47. The molecule has 90 valence electrons. The Morgan fingerprint density at radius 2 is 1.94 bits per heavy atom. The normalized spacial score (nSPS) is 11.4. The predicted molar refractivity (Wildman–Crippen MR) is 67.8 cm³/mol. The van der Waals surface area contributed by atoms with Gasteiger partial charge in [-0.25, -0.2) is 0 Å². The van der Waals surface area contributed by atoms with Gasteiger partial charge in [-0.15, -0.1) is 0 Å². The number of aliphatic hydroxyl groups is 1. The summed E-state index contributed by atoms with van der Waals surface area (Å²) in [5, 5.41) is 13.2. The first-order chi connectivity index (χ1) is 7.39. The highest BCUT2D eigenvalue weighted by molar-refractivity contribution is 6.36. The molecule has 1 rings (SSSR count). The van der Waals surface area contributed by atoms with Crippen molar-refractivity contribution in [2.24, 2.45) is 0 Å². The maximum absolute atomic E-state index is 9.15. The molecule has 16 heavy (non-hydrogen) atoms. The molecule has 0 saturated heterocycles. The lowest BCUT2D eigenvalue weighted by atomic mass is 10.1. The van der Waals surface area contributed by atoms with Gasteiger partial charge in [0.2, 0.25) is 0 Å². The second-order valence-electron chi connectivity index (χ2n) is 4.13. The van der Waals surface area contributed by atoms with E-state index in [0.29, 0.717) is 21.5 Å². The van der Waals surface area contributed by atoms with Gasteiger partial charge in [-0.05, 0) is 19.9 Å². The molecule has 1 aromatic rings. The second kappa shape index (κ2) is 5.13. The molecule has 1 aromatic carbocycles. The quantitative estimate of drug-likeness (QED) is 0.877. The van der Waals surface area contributed by atoms with E-state index in [1.165, 1.54) is 7.11 Å². The summed E-state index contributed by atoms with van der Waals surface area (Å²) < 4.78 is 5.04. The van der Waals surface area contributed by atoms with Crippen molar-refractivity contribution in [1.29, 1.82) is 0 Å². The molecule has 0 amide bonds. The van der Waals surface area contributed by atoms with Crippen LogP contribution in [0.15, 0.2) is 12.1 Å². The van der Waals surface area contributed by atoms with Gasteiger partial charge in [0.25, 0.3) is 0 Å². The topological polar surface area (TPSA) is 41.5 Å². The fourth-order valence-corrected chi connectivity index (χ4v) is 1.63. The smallest absolute Gasteiger partial charge is 0.139 e. The molecule has 0 bridgehead atoms. The third-order valence-electron chi connectivity index (χ3n) is 2.11. The number of aliphatic hydroxyl groups excluding tert-OH is 1. The van der Waals surface area contributed by atoms with Gasteiger partial charge in [0.15, 0.2) is 0 Å². The summed E-state index contributed by atoms with van der Waals surface area (Å²) in [6.45, 7) is 3.72. The average molecular weight is 264 g/mol. The number of nitrogens with one attached hydrogen (secondary N) is 1. The zero-order chi connectivity index (χ0) is 12.3. The van der Waals surface area contributed by atoms with E-state index in [-0.39, 0.29) is 6.61 Å². The molecule has 2 N–H and O–H groups in total. The molecular formula is C11H15Cl2NO2. The van der Waals surface area contributed by atoms with Crippen molar-refractivity contribution in [2.75, 3.05) is 19.0 Å². The van der Waals surface area contributed by atoms with E-state index in [4.69, 9.17) is 33.0 Å². The fourth-order valence-electron chi connectivity index (χ4n) is 1.18. The number of benzene rings is 1. The first-order valence-corrected chi connectivity index (χ1v) is 5.57. The van der Waals surface area contributed by atoms with E-state index in [1.54, 1.807) is 12.1 Å². The Balaban J connectivity index is 3.02. The maximum atomic E-state index is 9.15. The molecule has 0 fully saturated rings. The molecule has 0 aliphatic heterocycles. The number of hydrogen-bond acceptors (Lipinski definition) is 3. The summed E-state index contributed by atoms with van der Waals surface area (Å²) in [4.78, 5) is 0. The van der Waals surface area contributed by atoms with Crippen molar-refractivity contribution >= 4 is 28.9 Å². The molecule has 0 atom stereocenters. The molecule has 0 saturated carbocycles. The van der Waals surface area contributed by atoms with E-state index in [9.17, 15) is 0 Å². The largest absolute Gasteiger partial charge is 0.495 e. The summed E-state index contributed by atoms with van der Waals surface area (Å²) in [5.74, 6) is 0.527. The third-order valence-corrected chi connectivity index (χ3v) is 2.72. The molecule has 5 heteroatoms.